The van der Waals surface area contributed by atoms with E-state index in [4.69, 9.17) is 18.6 Å². The lowest BCUT2D eigenvalue weighted by atomic mass is 10.1. The van der Waals surface area contributed by atoms with E-state index in [0.29, 0.717) is 18.8 Å². The van der Waals surface area contributed by atoms with Gasteiger partial charge in [0.1, 0.15) is 11.5 Å². The molecule has 3 aromatic rings. The second kappa shape index (κ2) is 11.0. The van der Waals surface area contributed by atoms with Gasteiger partial charge in [0.05, 0.1) is 43.2 Å². The monoisotopic (exact) mass is 488 g/mol. The Hall–Kier alpha value is -3.66. The van der Waals surface area contributed by atoms with E-state index in [1.807, 2.05) is 19.9 Å². The molecule has 0 aliphatic carbocycles. The molecule has 0 fully saturated rings. The van der Waals surface area contributed by atoms with Crippen molar-refractivity contribution in [3.63, 3.8) is 0 Å². The normalized spacial score (nSPS) is 12.0. The minimum absolute atomic E-state index is 0.0169. The predicted molar refractivity (Wildman–Crippen MR) is 127 cm³/mol. The average Bonchev–Trinajstić information content (AvgIpc) is 3.31. The molecule has 1 atom stereocenters. The van der Waals surface area contributed by atoms with Gasteiger partial charge in [-0.05, 0) is 56.3 Å². The first kappa shape index (κ1) is 25.0. The Bertz CT molecular complexity index is 1210. The highest BCUT2D eigenvalue weighted by Crippen LogP contribution is 2.34. The Morgan fingerprint density at radius 1 is 1.06 bits per heavy atom. The summed E-state index contributed by atoms with van der Waals surface area (Å²) in [6, 6.07) is 12.1. The minimum Gasteiger partial charge on any atom is -0.494 e. The van der Waals surface area contributed by atoms with Crippen molar-refractivity contribution in [1.82, 2.24) is 5.32 Å². The van der Waals surface area contributed by atoms with Crippen LogP contribution in [0, 0.1) is 0 Å². The lowest BCUT2D eigenvalue weighted by Crippen LogP contribution is -2.34. The third-order valence-electron chi connectivity index (χ3n) is 4.92. The molecule has 182 valence electrons. The molecule has 9 nitrogen and oxygen atoms in total. The third-order valence-corrected chi connectivity index (χ3v) is 6.30. The molecule has 10 heteroatoms. The molecular formula is C24H28N2O7S. The summed E-state index contributed by atoms with van der Waals surface area (Å²) < 4.78 is 49.9. The number of sulfonamides is 1. The zero-order chi connectivity index (χ0) is 24.7. The summed E-state index contributed by atoms with van der Waals surface area (Å²) in [7, 11) is -1.15. The summed E-state index contributed by atoms with van der Waals surface area (Å²) >= 11 is 0. The zero-order valence-electron chi connectivity index (χ0n) is 19.5. The molecule has 0 saturated heterocycles. The van der Waals surface area contributed by atoms with Gasteiger partial charge < -0.3 is 23.9 Å². The molecular weight excluding hydrogens is 460 g/mol. The average molecular weight is 489 g/mol. The van der Waals surface area contributed by atoms with Crippen molar-refractivity contribution in [1.29, 1.82) is 0 Å². The number of rotatable bonds is 11. The van der Waals surface area contributed by atoms with Crippen molar-refractivity contribution >= 4 is 21.6 Å². The highest BCUT2D eigenvalue weighted by molar-refractivity contribution is 7.92. The van der Waals surface area contributed by atoms with E-state index < -0.39 is 15.9 Å². The lowest BCUT2D eigenvalue weighted by Gasteiger charge is -2.18. The third kappa shape index (κ3) is 6.02. The number of hydrogen-bond donors (Lipinski definition) is 2. The molecule has 0 aliphatic rings. The number of anilines is 1. The molecule has 0 spiro atoms. The molecule has 1 aromatic heterocycles. The molecule has 0 radical (unpaired) electrons. The van der Waals surface area contributed by atoms with E-state index in [0.717, 1.165) is 5.76 Å². The maximum Gasteiger partial charge on any atom is 0.261 e. The molecule has 1 amide bonds. The van der Waals surface area contributed by atoms with Gasteiger partial charge >= 0.3 is 0 Å². The van der Waals surface area contributed by atoms with Gasteiger partial charge in [0.15, 0.2) is 11.5 Å². The summed E-state index contributed by atoms with van der Waals surface area (Å²) in [5.41, 5.74) is 0.132. The number of carbonyl (C=O) groups excluding carboxylic acids is 1. The molecule has 34 heavy (non-hydrogen) atoms. The van der Waals surface area contributed by atoms with Crippen molar-refractivity contribution < 1.29 is 31.8 Å². The maximum absolute atomic E-state index is 13.1. The van der Waals surface area contributed by atoms with E-state index in [9.17, 15) is 13.2 Å². The van der Waals surface area contributed by atoms with Crippen molar-refractivity contribution in [3.05, 3.63) is 66.1 Å². The second-order valence-electron chi connectivity index (χ2n) is 7.42. The van der Waals surface area contributed by atoms with Gasteiger partial charge in [-0.1, -0.05) is 0 Å². The first-order valence-corrected chi connectivity index (χ1v) is 12.1. The first-order chi connectivity index (χ1) is 16.3. The summed E-state index contributed by atoms with van der Waals surface area (Å²) in [4.78, 5) is 13.1. The number of ether oxygens (including phenoxy) is 3. The van der Waals surface area contributed by atoms with E-state index in [1.54, 1.807) is 24.5 Å². The van der Waals surface area contributed by atoms with Gasteiger partial charge in [-0.2, -0.15) is 0 Å². The molecule has 2 aromatic carbocycles. The van der Waals surface area contributed by atoms with Gasteiger partial charge in [-0.15, -0.1) is 0 Å². The van der Waals surface area contributed by atoms with Crippen LogP contribution in [0.25, 0.3) is 0 Å². The highest BCUT2D eigenvalue weighted by atomic mass is 32.2. The maximum atomic E-state index is 13.1. The van der Waals surface area contributed by atoms with Crippen LogP contribution in [0.4, 0.5) is 5.69 Å². The van der Waals surface area contributed by atoms with Crippen LogP contribution in [0.2, 0.25) is 0 Å². The first-order valence-electron chi connectivity index (χ1n) is 10.6. The summed E-state index contributed by atoms with van der Waals surface area (Å²) in [5, 5.41) is 2.86. The summed E-state index contributed by atoms with van der Waals surface area (Å²) in [6.07, 6.45) is 2.03. The highest BCUT2D eigenvalue weighted by Gasteiger charge is 2.23. The van der Waals surface area contributed by atoms with Crippen LogP contribution in [0.1, 0.15) is 30.0 Å². The zero-order valence-corrected chi connectivity index (χ0v) is 20.3. The van der Waals surface area contributed by atoms with Crippen LogP contribution >= 0.6 is 0 Å². The van der Waals surface area contributed by atoms with Crippen molar-refractivity contribution in [3.8, 4) is 17.2 Å². The van der Waals surface area contributed by atoms with Gasteiger partial charge in [-0.3, -0.25) is 9.52 Å². The Kier molecular flexibility index (Phi) is 8.06. The quantitative estimate of drug-likeness (QED) is 0.421. The number of amides is 1. The van der Waals surface area contributed by atoms with E-state index in [-0.39, 0.29) is 33.7 Å². The summed E-state index contributed by atoms with van der Waals surface area (Å²) in [5.74, 6) is 1.35. The van der Waals surface area contributed by atoms with Crippen LogP contribution in [0.5, 0.6) is 17.2 Å². The van der Waals surface area contributed by atoms with E-state index in [1.165, 1.54) is 38.5 Å². The van der Waals surface area contributed by atoms with Gasteiger partial charge in [0, 0.05) is 18.5 Å². The van der Waals surface area contributed by atoms with Gasteiger partial charge in [0.2, 0.25) is 0 Å². The van der Waals surface area contributed by atoms with E-state index >= 15 is 0 Å². The summed E-state index contributed by atoms with van der Waals surface area (Å²) in [6.45, 7) is 4.13. The second-order valence-corrected chi connectivity index (χ2v) is 9.10. The van der Waals surface area contributed by atoms with Gasteiger partial charge in [-0.25, -0.2) is 8.42 Å². The molecule has 0 bridgehead atoms. The Morgan fingerprint density at radius 2 is 1.74 bits per heavy atom. The fourth-order valence-electron chi connectivity index (χ4n) is 3.32. The number of methoxy groups -OCH3 is 2. The fourth-order valence-corrected chi connectivity index (χ4v) is 4.39. The topological polar surface area (TPSA) is 116 Å². The number of benzene rings is 2. The lowest BCUT2D eigenvalue weighted by molar-refractivity contribution is 0.0939. The number of carbonyl (C=O) groups is 1. The number of nitrogens with one attached hydrogen (secondary N) is 2. The fraction of sp³-hybridized carbons (Fsp3) is 0.292. The Labute approximate surface area is 199 Å². The smallest absolute Gasteiger partial charge is 0.261 e. The number of hydrogen-bond acceptors (Lipinski definition) is 7. The van der Waals surface area contributed by atoms with Crippen LogP contribution in [-0.4, -0.2) is 41.2 Å². The Morgan fingerprint density at radius 3 is 2.32 bits per heavy atom. The standard InChI is InChI=1S/C24H28N2O7S/c1-5-32-17-8-10-19(11-9-17)34(28,29)26-21-15-23(31-4)22(30-3)14-20(21)24(27)25-16(2)13-18-7-6-12-33-18/h6-12,14-16,26H,5,13H2,1-4H3,(H,25,27). The van der Waals surface area contributed by atoms with Crippen LogP contribution < -0.4 is 24.2 Å². The molecule has 1 unspecified atom stereocenters. The van der Waals surface area contributed by atoms with Crippen LogP contribution in [-0.2, 0) is 16.4 Å². The van der Waals surface area contributed by atoms with E-state index in [2.05, 4.69) is 10.0 Å². The minimum atomic E-state index is -4.01. The Balaban J connectivity index is 1.91. The SMILES string of the molecule is CCOc1ccc(S(=O)(=O)Nc2cc(OC)c(OC)cc2C(=O)NC(C)Cc2ccco2)cc1. The molecule has 2 N–H and O–H groups in total. The van der Waals surface area contributed by atoms with Gasteiger partial charge in [0.25, 0.3) is 15.9 Å². The predicted octanol–water partition coefficient (Wildman–Crippen LogP) is 3.86. The number of furan rings is 1. The van der Waals surface area contributed by atoms with Crippen LogP contribution in [0.15, 0.2) is 64.1 Å². The van der Waals surface area contributed by atoms with Crippen molar-refractivity contribution in [2.75, 3.05) is 25.5 Å². The molecule has 0 saturated carbocycles. The molecule has 1 heterocycles. The molecule has 3 rings (SSSR count). The van der Waals surface area contributed by atoms with Crippen molar-refractivity contribution in [2.45, 2.75) is 31.2 Å². The largest absolute Gasteiger partial charge is 0.494 e. The van der Waals surface area contributed by atoms with Crippen molar-refractivity contribution in [2.24, 2.45) is 0 Å². The molecule has 0 aliphatic heterocycles. The van der Waals surface area contributed by atoms with Crippen LogP contribution in [0.3, 0.4) is 0 Å².